The Labute approximate surface area is 137 Å². The lowest BCUT2D eigenvalue weighted by Crippen LogP contribution is -2.46. The van der Waals surface area contributed by atoms with Crippen molar-refractivity contribution >= 4 is 5.91 Å². The summed E-state index contributed by atoms with van der Waals surface area (Å²) in [5, 5.41) is 0. The van der Waals surface area contributed by atoms with E-state index < -0.39 is 0 Å². The monoisotopic (exact) mass is 316 g/mol. The van der Waals surface area contributed by atoms with Crippen LogP contribution < -0.4 is 4.74 Å². The Kier molecular flexibility index (Phi) is 3.97. The maximum absolute atomic E-state index is 12.2. The van der Waals surface area contributed by atoms with Crippen LogP contribution in [0.2, 0.25) is 0 Å². The lowest BCUT2D eigenvalue weighted by Gasteiger charge is -2.38. The molecular weight excluding hydrogens is 292 g/mol. The van der Waals surface area contributed by atoms with Crippen molar-refractivity contribution in [3.63, 3.8) is 0 Å². The van der Waals surface area contributed by atoms with Gasteiger partial charge in [0.2, 0.25) is 11.8 Å². The number of aromatic nitrogens is 1. The highest BCUT2D eigenvalue weighted by Gasteiger charge is 2.44. The van der Waals surface area contributed by atoms with E-state index >= 15 is 0 Å². The second-order valence-electron chi connectivity index (χ2n) is 7.13. The van der Waals surface area contributed by atoms with Gasteiger partial charge in [-0.2, -0.15) is 0 Å². The molecule has 1 amide bonds. The molecule has 0 bridgehead atoms. The molecule has 1 aromatic rings. The summed E-state index contributed by atoms with van der Waals surface area (Å²) < 4.78 is 12.0. The van der Waals surface area contributed by atoms with E-state index in [1.165, 1.54) is 12.8 Å². The number of carbonyl (C=O) groups is 1. The molecule has 3 heterocycles. The molecule has 5 heteroatoms. The van der Waals surface area contributed by atoms with Crippen LogP contribution in [-0.4, -0.2) is 47.2 Å². The van der Waals surface area contributed by atoms with Gasteiger partial charge in [-0.1, -0.05) is 6.07 Å². The third-order valence-corrected chi connectivity index (χ3v) is 5.29. The Morgan fingerprint density at radius 3 is 2.87 bits per heavy atom. The van der Waals surface area contributed by atoms with E-state index in [9.17, 15) is 4.79 Å². The first kappa shape index (κ1) is 14.9. The number of hydrogen-bond acceptors (Lipinski definition) is 4. The normalized spacial score (nSPS) is 26.4. The number of piperidine rings is 1. The van der Waals surface area contributed by atoms with E-state index in [1.54, 1.807) is 6.20 Å². The van der Waals surface area contributed by atoms with Gasteiger partial charge in [0, 0.05) is 38.2 Å². The minimum absolute atomic E-state index is 0.0682. The van der Waals surface area contributed by atoms with Crippen LogP contribution in [-0.2, 0) is 9.53 Å². The Morgan fingerprint density at radius 1 is 1.35 bits per heavy atom. The first-order valence-corrected chi connectivity index (χ1v) is 8.72. The van der Waals surface area contributed by atoms with Gasteiger partial charge in [-0.25, -0.2) is 4.98 Å². The Balaban J connectivity index is 1.28. The van der Waals surface area contributed by atoms with Crippen molar-refractivity contribution in [3.8, 4) is 5.88 Å². The van der Waals surface area contributed by atoms with Crippen LogP contribution in [0.4, 0.5) is 0 Å². The standard InChI is InChI=1S/C18H24N2O3/c21-17(11-14-4-5-14)20-9-6-18(7-10-20)12-15(13-22-18)23-16-3-1-2-8-19-16/h1-3,8,14-15H,4-7,9-13H2/t15-/m0/s1. The molecule has 2 saturated heterocycles. The highest BCUT2D eigenvalue weighted by molar-refractivity contribution is 5.76. The third kappa shape index (κ3) is 3.50. The molecule has 0 aromatic carbocycles. The fraction of sp³-hybridized carbons (Fsp3) is 0.667. The maximum Gasteiger partial charge on any atom is 0.222 e. The molecule has 1 saturated carbocycles. The van der Waals surface area contributed by atoms with Gasteiger partial charge in [0.05, 0.1) is 12.2 Å². The topological polar surface area (TPSA) is 51.7 Å². The number of likely N-dealkylation sites (tertiary alicyclic amines) is 1. The predicted octanol–water partition coefficient (Wildman–Crippen LogP) is 2.41. The second kappa shape index (κ2) is 6.11. The van der Waals surface area contributed by atoms with Gasteiger partial charge < -0.3 is 14.4 Å². The van der Waals surface area contributed by atoms with Gasteiger partial charge in [0.15, 0.2) is 0 Å². The molecular formula is C18H24N2O3. The molecule has 0 radical (unpaired) electrons. The number of amides is 1. The average molecular weight is 316 g/mol. The summed E-state index contributed by atoms with van der Waals surface area (Å²) in [4.78, 5) is 18.5. The van der Waals surface area contributed by atoms with E-state index in [0.717, 1.165) is 38.8 Å². The molecule has 1 aromatic heterocycles. The van der Waals surface area contributed by atoms with Crippen molar-refractivity contribution in [2.24, 2.45) is 5.92 Å². The van der Waals surface area contributed by atoms with E-state index in [0.29, 0.717) is 24.3 Å². The van der Waals surface area contributed by atoms with Crippen molar-refractivity contribution in [1.29, 1.82) is 0 Å². The molecule has 2 aliphatic heterocycles. The van der Waals surface area contributed by atoms with Crippen molar-refractivity contribution < 1.29 is 14.3 Å². The Bertz CT molecular complexity index is 551. The lowest BCUT2D eigenvalue weighted by molar-refractivity contribution is -0.136. The minimum atomic E-state index is -0.101. The molecule has 3 aliphatic rings. The SMILES string of the molecule is O=C(CC1CC1)N1CCC2(CC1)C[C@H](Oc1ccccn1)CO2. The summed E-state index contributed by atoms with van der Waals surface area (Å²) in [5.41, 5.74) is -0.101. The fourth-order valence-corrected chi connectivity index (χ4v) is 3.68. The average Bonchev–Trinajstić information content (AvgIpc) is 3.31. The number of hydrogen-bond donors (Lipinski definition) is 0. The zero-order valence-corrected chi connectivity index (χ0v) is 13.4. The number of rotatable bonds is 4. The van der Waals surface area contributed by atoms with Crippen LogP contribution in [0.15, 0.2) is 24.4 Å². The van der Waals surface area contributed by atoms with Gasteiger partial charge in [-0.3, -0.25) is 4.79 Å². The highest BCUT2D eigenvalue weighted by atomic mass is 16.6. The third-order valence-electron chi connectivity index (χ3n) is 5.29. The largest absolute Gasteiger partial charge is 0.472 e. The summed E-state index contributed by atoms with van der Waals surface area (Å²) in [6.07, 6.45) is 7.77. The highest BCUT2D eigenvalue weighted by Crippen LogP contribution is 2.38. The van der Waals surface area contributed by atoms with Crippen LogP contribution in [0.3, 0.4) is 0 Å². The molecule has 0 N–H and O–H groups in total. The molecule has 0 unspecified atom stereocenters. The van der Waals surface area contributed by atoms with Crippen LogP contribution in [0.5, 0.6) is 5.88 Å². The number of pyridine rings is 1. The van der Waals surface area contributed by atoms with Crippen LogP contribution >= 0.6 is 0 Å². The minimum Gasteiger partial charge on any atom is -0.472 e. The summed E-state index contributed by atoms with van der Waals surface area (Å²) in [6, 6.07) is 5.69. The zero-order chi connectivity index (χ0) is 15.7. The van der Waals surface area contributed by atoms with Gasteiger partial charge in [0.1, 0.15) is 6.10 Å². The van der Waals surface area contributed by atoms with Crippen molar-refractivity contribution in [2.75, 3.05) is 19.7 Å². The molecule has 1 atom stereocenters. The van der Waals surface area contributed by atoms with Crippen LogP contribution in [0.25, 0.3) is 0 Å². The molecule has 1 aliphatic carbocycles. The lowest BCUT2D eigenvalue weighted by atomic mass is 9.88. The van der Waals surface area contributed by atoms with Gasteiger partial charge in [-0.15, -0.1) is 0 Å². The van der Waals surface area contributed by atoms with Gasteiger partial charge >= 0.3 is 0 Å². The Morgan fingerprint density at radius 2 is 2.17 bits per heavy atom. The molecule has 4 rings (SSSR count). The van der Waals surface area contributed by atoms with E-state index in [4.69, 9.17) is 9.47 Å². The van der Waals surface area contributed by atoms with Gasteiger partial charge in [0.25, 0.3) is 0 Å². The molecule has 1 spiro atoms. The summed E-state index contributed by atoms with van der Waals surface area (Å²) >= 11 is 0. The molecule has 3 fully saturated rings. The quantitative estimate of drug-likeness (QED) is 0.856. The smallest absolute Gasteiger partial charge is 0.222 e. The number of ether oxygens (including phenoxy) is 2. The molecule has 5 nitrogen and oxygen atoms in total. The van der Waals surface area contributed by atoms with Crippen molar-refractivity contribution in [1.82, 2.24) is 9.88 Å². The van der Waals surface area contributed by atoms with E-state index in [-0.39, 0.29) is 11.7 Å². The molecule has 124 valence electrons. The van der Waals surface area contributed by atoms with Crippen LogP contribution in [0, 0.1) is 5.92 Å². The van der Waals surface area contributed by atoms with Gasteiger partial charge in [-0.05, 0) is 37.7 Å². The number of carbonyl (C=O) groups excluding carboxylic acids is 1. The second-order valence-corrected chi connectivity index (χ2v) is 7.13. The van der Waals surface area contributed by atoms with Crippen molar-refractivity contribution in [3.05, 3.63) is 24.4 Å². The predicted molar refractivity (Wildman–Crippen MR) is 85.1 cm³/mol. The van der Waals surface area contributed by atoms with E-state index in [1.807, 2.05) is 23.1 Å². The summed E-state index contributed by atoms with van der Waals surface area (Å²) in [6.45, 7) is 2.26. The first-order valence-electron chi connectivity index (χ1n) is 8.72. The van der Waals surface area contributed by atoms with Crippen LogP contribution in [0.1, 0.15) is 38.5 Å². The van der Waals surface area contributed by atoms with Crippen molar-refractivity contribution in [2.45, 2.75) is 50.2 Å². The summed E-state index contributed by atoms with van der Waals surface area (Å²) in [7, 11) is 0. The Hall–Kier alpha value is -1.62. The summed E-state index contributed by atoms with van der Waals surface area (Å²) in [5.74, 6) is 1.66. The first-order chi connectivity index (χ1) is 11.2. The van der Waals surface area contributed by atoms with E-state index in [2.05, 4.69) is 4.98 Å². The zero-order valence-electron chi connectivity index (χ0n) is 13.4. The molecule has 23 heavy (non-hydrogen) atoms. The number of nitrogens with zero attached hydrogens (tertiary/aromatic N) is 2. The fourth-order valence-electron chi connectivity index (χ4n) is 3.68. The maximum atomic E-state index is 12.2.